The van der Waals surface area contributed by atoms with Gasteiger partial charge in [0.1, 0.15) is 23.2 Å². The van der Waals surface area contributed by atoms with Gasteiger partial charge in [-0.15, -0.1) is 0 Å². The molecule has 0 saturated carbocycles. The quantitative estimate of drug-likeness (QED) is 0.763. The highest BCUT2D eigenvalue weighted by Crippen LogP contribution is 2.16. The fraction of sp³-hybridized carbons (Fsp3) is 0.600. The van der Waals surface area contributed by atoms with E-state index in [4.69, 9.17) is 0 Å². The number of likely N-dealkylation sites (tertiary alicyclic amines) is 1. The van der Waals surface area contributed by atoms with E-state index in [0.29, 0.717) is 12.6 Å². The van der Waals surface area contributed by atoms with Crippen LogP contribution in [-0.4, -0.2) is 48.4 Å². The molecule has 1 aliphatic heterocycles. The first-order valence-electron chi connectivity index (χ1n) is 9.58. The molecule has 2 rings (SSSR count). The van der Waals surface area contributed by atoms with Crippen LogP contribution in [0.5, 0.6) is 0 Å². The van der Waals surface area contributed by atoms with E-state index in [1.807, 2.05) is 0 Å². The van der Waals surface area contributed by atoms with Crippen LogP contribution < -0.4 is 10.6 Å². The van der Waals surface area contributed by atoms with Gasteiger partial charge in [-0.2, -0.15) is 0 Å². The lowest BCUT2D eigenvalue weighted by molar-refractivity contribution is -0.124. The lowest BCUT2D eigenvalue weighted by Crippen LogP contribution is -2.51. The first-order chi connectivity index (χ1) is 12.8. The number of hydrogen-bond donors (Lipinski definition) is 2. The Labute approximate surface area is 159 Å². The lowest BCUT2D eigenvalue weighted by Gasteiger charge is -2.33. The molecule has 0 aromatic heterocycles. The maximum Gasteiger partial charge on any atom is 0.257 e. The first-order valence-corrected chi connectivity index (χ1v) is 9.58. The van der Waals surface area contributed by atoms with Gasteiger partial charge in [0.2, 0.25) is 5.91 Å². The van der Waals surface area contributed by atoms with Gasteiger partial charge in [-0.05, 0) is 44.4 Å². The number of halogens is 2. The normalized spacial score (nSPS) is 19.0. The van der Waals surface area contributed by atoms with Crippen LogP contribution in [0, 0.1) is 17.6 Å². The van der Waals surface area contributed by atoms with Crippen LogP contribution in [0.3, 0.4) is 0 Å². The molecule has 1 aromatic carbocycles. The summed E-state index contributed by atoms with van der Waals surface area (Å²) in [5.74, 6) is -3.40. The Bertz CT molecular complexity index is 646. The van der Waals surface area contributed by atoms with Gasteiger partial charge in [-0.25, -0.2) is 8.78 Å². The zero-order valence-electron chi connectivity index (χ0n) is 16.2. The van der Waals surface area contributed by atoms with E-state index in [-0.39, 0.29) is 11.8 Å². The van der Waals surface area contributed by atoms with Crippen molar-refractivity contribution < 1.29 is 18.4 Å². The van der Waals surface area contributed by atoms with Crippen LogP contribution in [-0.2, 0) is 4.79 Å². The first kappa shape index (κ1) is 21.3. The zero-order chi connectivity index (χ0) is 20.0. The number of piperidine rings is 1. The van der Waals surface area contributed by atoms with Crippen LogP contribution in [0.2, 0.25) is 0 Å². The number of nitrogens with zero attached hydrogens (tertiary/aromatic N) is 1. The molecule has 2 atom stereocenters. The fourth-order valence-corrected chi connectivity index (χ4v) is 3.39. The molecule has 0 spiro atoms. The van der Waals surface area contributed by atoms with E-state index in [1.54, 1.807) is 13.8 Å². The van der Waals surface area contributed by atoms with Crippen molar-refractivity contribution in [2.45, 2.75) is 52.1 Å². The van der Waals surface area contributed by atoms with Gasteiger partial charge < -0.3 is 10.6 Å². The van der Waals surface area contributed by atoms with E-state index in [9.17, 15) is 18.4 Å². The van der Waals surface area contributed by atoms with Gasteiger partial charge in [0.25, 0.3) is 5.91 Å². The minimum atomic E-state index is -0.950. The third-order valence-electron chi connectivity index (χ3n) is 5.06. The molecule has 2 N–H and O–H groups in total. The number of amides is 2. The number of rotatable bonds is 7. The monoisotopic (exact) mass is 381 g/mol. The standard InChI is InChI=1S/C20H29F2N3O2/c1-13(2)18(24-19(26)17-15(21)8-6-9-16(17)22)20(27)23-10-12-25-11-5-4-7-14(25)3/h6,8-9,13-14,18H,4-5,7,10-12H2,1-3H3,(H,23,27)(H,24,26). The lowest BCUT2D eigenvalue weighted by atomic mass is 10.0. The highest BCUT2D eigenvalue weighted by atomic mass is 19.1. The van der Waals surface area contributed by atoms with Crippen molar-refractivity contribution in [3.63, 3.8) is 0 Å². The van der Waals surface area contributed by atoms with Crippen molar-refractivity contribution in [1.82, 2.24) is 15.5 Å². The Kier molecular flexibility index (Phi) is 7.71. The average Bonchev–Trinajstić information content (AvgIpc) is 2.60. The molecule has 0 radical (unpaired) electrons. The summed E-state index contributed by atoms with van der Waals surface area (Å²) in [5, 5.41) is 5.30. The Hall–Kier alpha value is -2.02. The summed E-state index contributed by atoms with van der Waals surface area (Å²) in [4.78, 5) is 27.1. The summed E-state index contributed by atoms with van der Waals surface area (Å²) in [7, 11) is 0. The third kappa shape index (κ3) is 5.73. The molecular weight excluding hydrogens is 352 g/mol. The maximum atomic E-state index is 13.8. The van der Waals surface area contributed by atoms with E-state index < -0.39 is 29.1 Å². The van der Waals surface area contributed by atoms with Gasteiger partial charge in [0, 0.05) is 19.1 Å². The molecule has 0 bridgehead atoms. The maximum absolute atomic E-state index is 13.8. The molecule has 2 amide bonds. The van der Waals surface area contributed by atoms with Crippen molar-refractivity contribution in [2.24, 2.45) is 5.92 Å². The molecule has 0 aliphatic carbocycles. The molecule has 1 saturated heterocycles. The molecule has 5 nitrogen and oxygen atoms in total. The fourth-order valence-electron chi connectivity index (χ4n) is 3.39. The molecule has 150 valence electrons. The van der Waals surface area contributed by atoms with Crippen LogP contribution >= 0.6 is 0 Å². The topological polar surface area (TPSA) is 61.4 Å². The second-order valence-electron chi connectivity index (χ2n) is 7.46. The highest BCUT2D eigenvalue weighted by Gasteiger charge is 2.27. The molecule has 1 aromatic rings. The summed E-state index contributed by atoms with van der Waals surface area (Å²) < 4.78 is 27.6. The van der Waals surface area contributed by atoms with E-state index in [2.05, 4.69) is 22.5 Å². The zero-order valence-corrected chi connectivity index (χ0v) is 16.2. The van der Waals surface area contributed by atoms with Gasteiger partial charge in [0.05, 0.1) is 0 Å². The molecule has 27 heavy (non-hydrogen) atoms. The van der Waals surface area contributed by atoms with E-state index >= 15 is 0 Å². The molecular formula is C20H29F2N3O2. The van der Waals surface area contributed by atoms with Gasteiger partial charge in [-0.1, -0.05) is 26.3 Å². The summed E-state index contributed by atoms with van der Waals surface area (Å²) in [5.41, 5.74) is -0.668. The second-order valence-corrected chi connectivity index (χ2v) is 7.46. The average molecular weight is 381 g/mol. The molecule has 1 heterocycles. The van der Waals surface area contributed by atoms with Gasteiger partial charge in [0.15, 0.2) is 0 Å². The second kappa shape index (κ2) is 9.78. The van der Waals surface area contributed by atoms with Crippen LogP contribution in [0.4, 0.5) is 8.78 Å². The summed E-state index contributed by atoms with van der Waals surface area (Å²) in [6.07, 6.45) is 3.56. The number of hydrogen-bond acceptors (Lipinski definition) is 3. The van der Waals surface area contributed by atoms with Crippen molar-refractivity contribution in [2.75, 3.05) is 19.6 Å². The molecule has 1 aliphatic rings. The highest BCUT2D eigenvalue weighted by molar-refractivity contribution is 5.98. The van der Waals surface area contributed by atoms with E-state index in [1.165, 1.54) is 12.5 Å². The molecule has 7 heteroatoms. The largest absolute Gasteiger partial charge is 0.353 e. The predicted octanol–water partition coefficient (Wildman–Crippen LogP) is 2.71. The Morgan fingerprint density at radius 1 is 1.22 bits per heavy atom. The Morgan fingerprint density at radius 2 is 1.89 bits per heavy atom. The van der Waals surface area contributed by atoms with Crippen molar-refractivity contribution in [3.8, 4) is 0 Å². The van der Waals surface area contributed by atoms with Crippen molar-refractivity contribution in [3.05, 3.63) is 35.4 Å². The molecule has 1 fully saturated rings. The van der Waals surface area contributed by atoms with Crippen molar-refractivity contribution in [1.29, 1.82) is 0 Å². The summed E-state index contributed by atoms with van der Waals surface area (Å²) in [6.45, 7) is 7.96. The smallest absolute Gasteiger partial charge is 0.257 e. The number of benzene rings is 1. The van der Waals surface area contributed by atoms with Gasteiger partial charge in [-0.3, -0.25) is 14.5 Å². The summed E-state index contributed by atoms with van der Waals surface area (Å²) >= 11 is 0. The minimum Gasteiger partial charge on any atom is -0.353 e. The third-order valence-corrected chi connectivity index (χ3v) is 5.06. The van der Waals surface area contributed by atoms with Crippen molar-refractivity contribution >= 4 is 11.8 Å². The number of carbonyl (C=O) groups excluding carboxylic acids is 2. The van der Waals surface area contributed by atoms with Crippen LogP contribution in [0.1, 0.15) is 50.4 Å². The molecule has 2 unspecified atom stereocenters. The minimum absolute atomic E-state index is 0.224. The van der Waals surface area contributed by atoms with E-state index in [0.717, 1.165) is 38.1 Å². The predicted molar refractivity (Wildman–Crippen MR) is 100 cm³/mol. The SMILES string of the molecule is CC(C)C(NC(=O)c1c(F)cccc1F)C(=O)NCCN1CCCCC1C. The number of carbonyl (C=O) groups is 2. The summed E-state index contributed by atoms with van der Waals surface area (Å²) in [6, 6.07) is 2.86. The van der Waals surface area contributed by atoms with Crippen LogP contribution in [0.15, 0.2) is 18.2 Å². The Balaban J connectivity index is 1.93. The van der Waals surface area contributed by atoms with Crippen LogP contribution in [0.25, 0.3) is 0 Å². The number of nitrogens with one attached hydrogen (secondary N) is 2. The van der Waals surface area contributed by atoms with Gasteiger partial charge >= 0.3 is 0 Å². The Morgan fingerprint density at radius 3 is 2.48 bits per heavy atom.